The predicted molar refractivity (Wildman–Crippen MR) is 405 cm³/mol. The molecule has 99 heavy (non-hydrogen) atoms. The molecule has 588 valence electrons. The highest BCUT2D eigenvalue weighted by Crippen LogP contribution is 2.45. The molecule has 0 bridgehead atoms. The summed E-state index contributed by atoms with van der Waals surface area (Å²) in [5.41, 5.74) is 0. The van der Waals surface area contributed by atoms with Crippen LogP contribution in [0.3, 0.4) is 0 Å². The predicted octanol–water partition coefficient (Wildman–Crippen LogP) is 23.9. The fourth-order valence-electron chi connectivity index (χ4n) is 12.4. The van der Waals surface area contributed by atoms with Crippen molar-refractivity contribution in [2.45, 2.75) is 439 Å². The first-order chi connectivity index (χ1) is 47.9. The third-order valence-corrected chi connectivity index (χ3v) is 20.6. The van der Waals surface area contributed by atoms with Crippen LogP contribution in [-0.4, -0.2) is 96.7 Å². The number of hydrogen-bond acceptors (Lipinski definition) is 15. The third-order valence-electron chi connectivity index (χ3n) is 18.7. The van der Waals surface area contributed by atoms with Crippen LogP contribution in [0.4, 0.5) is 0 Å². The summed E-state index contributed by atoms with van der Waals surface area (Å²) in [4.78, 5) is 72.9. The number of phosphoric acid groups is 2. The molecule has 0 aromatic heterocycles. The van der Waals surface area contributed by atoms with E-state index in [0.29, 0.717) is 31.6 Å². The lowest BCUT2D eigenvalue weighted by Gasteiger charge is -2.21. The minimum absolute atomic E-state index is 0.106. The van der Waals surface area contributed by atoms with Gasteiger partial charge in [-0.3, -0.25) is 37.3 Å². The molecule has 0 saturated heterocycles. The van der Waals surface area contributed by atoms with E-state index in [9.17, 15) is 43.2 Å². The quantitative estimate of drug-likeness (QED) is 0.0222. The van der Waals surface area contributed by atoms with Crippen molar-refractivity contribution in [3.63, 3.8) is 0 Å². The zero-order valence-corrected chi connectivity index (χ0v) is 66.6. The second-order valence-corrected chi connectivity index (χ2v) is 32.7. The highest BCUT2D eigenvalue weighted by molar-refractivity contribution is 7.47. The van der Waals surface area contributed by atoms with Crippen LogP contribution in [-0.2, 0) is 65.4 Å². The molecular weight excluding hydrogens is 1290 g/mol. The van der Waals surface area contributed by atoms with Gasteiger partial charge in [0, 0.05) is 25.7 Å². The van der Waals surface area contributed by atoms with Crippen LogP contribution in [0, 0.1) is 11.8 Å². The van der Waals surface area contributed by atoms with Gasteiger partial charge in [-0.1, -0.05) is 369 Å². The Bertz CT molecular complexity index is 1910. The molecule has 0 saturated carbocycles. The van der Waals surface area contributed by atoms with Crippen LogP contribution in [0.15, 0.2) is 0 Å². The molecule has 0 aromatic rings. The number of carbonyl (C=O) groups is 4. The maximum absolute atomic E-state index is 13.1. The number of aliphatic hydroxyl groups is 1. The number of aliphatic hydroxyl groups excluding tert-OH is 1. The second-order valence-electron chi connectivity index (χ2n) is 29.8. The van der Waals surface area contributed by atoms with Gasteiger partial charge in [-0.2, -0.15) is 0 Å². The molecular formula is C80H156O17P2. The van der Waals surface area contributed by atoms with Gasteiger partial charge in [-0.05, 0) is 37.5 Å². The number of hydrogen-bond donors (Lipinski definition) is 3. The van der Waals surface area contributed by atoms with E-state index in [1.54, 1.807) is 0 Å². The molecule has 0 aliphatic rings. The summed E-state index contributed by atoms with van der Waals surface area (Å²) in [6.45, 7) is 9.58. The van der Waals surface area contributed by atoms with Crippen molar-refractivity contribution in [3.05, 3.63) is 0 Å². The first-order valence-corrected chi connectivity index (χ1v) is 44.5. The summed E-state index contributed by atoms with van der Waals surface area (Å²) in [5, 5.41) is 10.6. The van der Waals surface area contributed by atoms with Crippen LogP contribution < -0.4 is 0 Å². The molecule has 0 spiro atoms. The number of rotatable bonds is 79. The van der Waals surface area contributed by atoms with Crippen molar-refractivity contribution in [2.24, 2.45) is 11.8 Å². The number of esters is 4. The minimum atomic E-state index is -4.96. The van der Waals surface area contributed by atoms with Crippen molar-refractivity contribution in [3.8, 4) is 0 Å². The van der Waals surface area contributed by atoms with E-state index in [-0.39, 0.29) is 25.7 Å². The zero-order valence-electron chi connectivity index (χ0n) is 64.8. The lowest BCUT2D eigenvalue weighted by atomic mass is 10.0. The van der Waals surface area contributed by atoms with E-state index in [4.69, 9.17) is 37.0 Å². The molecule has 0 aromatic carbocycles. The van der Waals surface area contributed by atoms with Crippen molar-refractivity contribution >= 4 is 39.5 Å². The summed E-state index contributed by atoms with van der Waals surface area (Å²) >= 11 is 0. The average Bonchev–Trinajstić information content (AvgIpc) is 0.984. The molecule has 0 rings (SSSR count). The molecule has 0 amide bonds. The molecule has 5 atom stereocenters. The Kier molecular flexibility index (Phi) is 70.3. The summed E-state index contributed by atoms with van der Waals surface area (Å²) in [6, 6.07) is 0. The van der Waals surface area contributed by atoms with E-state index in [0.717, 1.165) is 102 Å². The van der Waals surface area contributed by atoms with Gasteiger partial charge in [0.1, 0.15) is 19.3 Å². The van der Waals surface area contributed by atoms with E-state index in [2.05, 4.69) is 41.5 Å². The van der Waals surface area contributed by atoms with Crippen LogP contribution in [0.25, 0.3) is 0 Å². The Hall–Kier alpha value is -1.94. The second kappa shape index (κ2) is 71.7. The van der Waals surface area contributed by atoms with E-state index in [1.165, 1.54) is 231 Å². The largest absolute Gasteiger partial charge is 0.472 e. The van der Waals surface area contributed by atoms with Crippen molar-refractivity contribution in [1.82, 2.24) is 0 Å². The van der Waals surface area contributed by atoms with Gasteiger partial charge < -0.3 is 33.8 Å². The molecule has 0 fully saturated rings. The first-order valence-electron chi connectivity index (χ1n) is 41.5. The molecule has 0 aliphatic heterocycles. The summed E-state index contributed by atoms with van der Waals surface area (Å²) in [7, 11) is -9.91. The van der Waals surface area contributed by atoms with E-state index < -0.39 is 97.5 Å². The highest BCUT2D eigenvalue weighted by atomic mass is 31.2. The van der Waals surface area contributed by atoms with Crippen molar-refractivity contribution < 1.29 is 80.2 Å². The van der Waals surface area contributed by atoms with Gasteiger partial charge in [0.15, 0.2) is 12.2 Å². The van der Waals surface area contributed by atoms with Gasteiger partial charge in [0.25, 0.3) is 0 Å². The molecule has 0 heterocycles. The fourth-order valence-corrected chi connectivity index (χ4v) is 13.9. The van der Waals surface area contributed by atoms with E-state index in [1.807, 2.05) is 0 Å². The van der Waals surface area contributed by atoms with Gasteiger partial charge >= 0.3 is 39.5 Å². The topological polar surface area (TPSA) is 237 Å². The highest BCUT2D eigenvalue weighted by Gasteiger charge is 2.30. The molecule has 0 aliphatic carbocycles. The summed E-state index contributed by atoms with van der Waals surface area (Å²) in [5.74, 6) is -0.607. The molecule has 2 unspecified atom stereocenters. The maximum atomic E-state index is 13.1. The minimum Gasteiger partial charge on any atom is -0.462 e. The summed E-state index contributed by atoms with van der Waals surface area (Å²) < 4.78 is 68.6. The van der Waals surface area contributed by atoms with Crippen molar-refractivity contribution in [2.75, 3.05) is 39.6 Å². The SMILES string of the molecule is CCCCCCCCCCCCCCCCCCCCCCCC(=O)O[C@H](COC(=O)CCCCCCCCCCCCCCCCC(C)C)COP(=O)(O)OC[C@@H](O)COP(=O)(O)OC[C@@H](COC(=O)CCCCCCCCCC(C)C)OC(=O)CCCCCCCCCCCCC. The average molecular weight is 1450 g/mol. The van der Waals surface area contributed by atoms with Crippen LogP contribution in [0.2, 0.25) is 0 Å². The monoisotopic (exact) mass is 1450 g/mol. The van der Waals surface area contributed by atoms with E-state index >= 15 is 0 Å². The molecule has 3 N–H and O–H groups in total. The van der Waals surface area contributed by atoms with Gasteiger partial charge in [0.05, 0.1) is 26.4 Å². The molecule has 19 heteroatoms. The van der Waals surface area contributed by atoms with Gasteiger partial charge in [-0.25, -0.2) is 9.13 Å². The smallest absolute Gasteiger partial charge is 0.462 e. The fraction of sp³-hybridized carbons (Fsp3) is 0.950. The number of carbonyl (C=O) groups excluding carboxylic acids is 4. The first kappa shape index (κ1) is 97.1. The molecule has 17 nitrogen and oxygen atoms in total. The van der Waals surface area contributed by atoms with Gasteiger partial charge in [-0.15, -0.1) is 0 Å². The number of unbranched alkanes of at least 4 members (excludes halogenated alkanes) is 49. The third kappa shape index (κ3) is 74.1. The normalized spacial score (nSPS) is 13.9. The lowest BCUT2D eigenvalue weighted by Crippen LogP contribution is -2.30. The zero-order chi connectivity index (χ0) is 72.8. The Morgan fingerprint density at radius 3 is 0.687 bits per heavy atom. The molecule has 0 radical (unpaired) electrons. The Balaban J connectivity index is 5.20. The van der Waals surface area contributed by atoms with Crippen LogP contribution in [0.5, 0.6) is 0 Å². The Labute approximate surface area is 607 Å². The van der Waals surface area contributed by atoms with Crippen molar-refractivity contribution in [1.29, 1.82) is 0 Å². The van der Waals surface area contributed by atoms with Crippen LogP contribution >= 0.6 is 15.6 Å². The van der Waals surface area contributed by atoms with Gasteiger partial charge in [0.2, 0.25) is 0 Å². The number of phosphoric ester groups is 2. The number of ether oxygens (including phenoxy) is 4. The summed E-state index contributed by atoms with van der Waals surface area (Å²) in [6.07, 6.45) is 61.2. The maximum Gasteiger partial charge on any atom is 0.472 e. The standard InChI is InChI=1S/C80H156O17P2/c1-7-9-11-13-15-17-19-20-21-22-23-24-25-26-27-32-36-40-46-53-59-65-80(85)96-75(68-90-77(82)62-56-50-44-38-35-31-29-28-30-34-37-42-48-54-60-72(3)4)70-94-98(86,87)92-66-74(81)67-93-99(88,89)95-71-76(69-91-78(83)63-57-51-47-41-43-49-55-61-73(5)6)97-79(84)64-58-52-45-39-33-18-16-14-12-10-8-2/h72-76,81H,7-71H2,1-6H3,(H,86,87)(H,88,89)/t74-,75-,76-/m1/s1. The van der Waals surface area contributed by atoms with Crippen LogP contribution in [0.1, 0.15) is 420 Å². The lowest BCUT2D eigenvalue weighted by molar-refractivity contribution is -0.161. The Morgan fingerprint density at radius 2 is 0.465 bits per heavy atom. The Morgan fingerprint density at radius 1 is 0.273 bits per heavy atom.